The normalized spacial score (nSPS) is 13.2. The quantitative estimate of drug-likeness (QED) is 0.534. The molecule has 0 amide bonds. The van der Waals surface area contributed by atoms with E-state index in [9.17, 15) is 4.79 Å². The van der Waals surface area contributed by atoms with Crippen molar-refractivity contribution in [2.75, 3.05) is 0 Å². The lowest BCUT2D eigenvalue weighted by molar-refractivity contribution is -0.123. The van der Waals surface area contributed by atoms with Crippen molar-refractivity contribution in [1.29, 1.82) is 0 Å². The minimum atomic E-state index is 0.251. The summed E-state index contributed by atoms with van der Waals surface area (Å²) < 4.78 is 0. The van der Waals surface area contributed by atoms with Crippen molar-refractivity contribution in [3.63, 3.8) is 0 Å². The number of unbranched alkanes of at least 4 members (excludes halogenated alkanes) is 4. The fourth-order valence-electron chi connectivity index (χ4n) is 1.50. The summed E-state index contributed by atoms with van der Waals surface area (Å²) in [5.74, 6) is 1.20. The van der Waals surface area contributed by atoms with Crippen molar-refractivity contribution < 1.29 is 4.79 Å². The summed E-state index contributed by atoms with van der Waals surface area (Å²) in [7, 11) is 0. The first kappa shape index (κ1) is 13.7. The molecule has 0 rings (SSSR count). The van der Waals surface area contributed by atoms with E-state index in [4.69, 9.17) is 0 Å². The van der Waals surface area contributed by atoms with Crippen LogP contribution in [0.3, 0.4) is 0 Å². The van der Waals surface area contributed by atoms with Crippen LogP contribution in [-0.2, 0) is 4.79 Å². The van der Waals surface area contributed by atoms with Crippen LogP contribution in [0.15, 0.2) is 0 Å². The van der Waals surface area contributed by atoms with Crippen LogP contribution in [0.4, 0.5) is 0 Å². The Morgan fingerprint density at radius 2 is 1.57 bits per heavy atom. The smallest absolute Gasteiger partial charge is 0.135 e. The molecule has 1 nitrogen and oxygen atoms in total. The molecule has 14 heavy (non-hydrogen) atoms. The molecule has 0 saturated heterocycles. The first-order valence-electron chi connectivity index (χ1n) is 6.12. The van der Waals surface area contributed by atoms with Gasteiger partial charge in [-0.15, -0.1) is 0 Å². The lowest BCUT2D eigenvalue weighted by atomic mass is 9.91. The van der Waals surface area contributed by atoms with Gasteiger partial charge in [-0.3, -0.25) is 4.79 Å². The Hall–Kier alpha value is -0.330. The van der Waals surface area contributed by atoms with E-state index < -0.39 is 0 Å². The van der Waals surface area contributed by atoms with Gasteiger partial charge in [-0.1, -0.05) is 53.4 Å². The molecule has 0 saturated carbocycles. The number of ketones is 1. The molecule has 1 heteroatoms. The fraction of sp³-hybridized carbons (Fsp3) is 0.923. The second-order valence-electron chi connectivity index (χ2n) is 4.66. The predicted molar refractivity (Wildman–Crippen MR) is 62.4 cm³/mol. The van der Waals surface area contributed by atoms with Gasteiger partial charge in [0.1, 0.15) is 5.78 Å². The van der Waals surface area contributed by atoms with E-state index in [-0.39, 0.29) is 5.92 Å². The van der Waals surface area contributed by atoms with Crippen LogP contribution in [0.5, 0.6) is 0 Å². The maximum atomic E-state index is 11.6. The summed E-state index contributed by atoms with van der Waals surface area (Å²) >= 11 is 0. The molecule has 0 aromatic heterocycles. The van der Waals surface area contributed by atoms with Crippen LogP contribution >= 0.6 is 0 Å². The van der Waals surface area contributed by atoms with Crippen LogP contribution in [-0.4, -0.2) is 5.78 Å². The summed E-state index contributed by atoms with van der Waals surface area (Å²) in [6.07, 6.45) is 6.99. The van der Waals surface area contributed by atoms with E-state index in [1.54, 1.807) is 0 Å². The van der Waals surface area contributed by atoms with E-state index in [0.717, 1.165) is 12.8 Å². The first-order chi connectivity index (χ1) is 6.59. The molecule has 84 valence electrons. The zero-order valence-electron chi connectivity index (χ0n) is 10.3. The van der Waals surface area contributed by atoms with Crippen LogP contribution in [0, 0.1) is 11.8 Å². The van der Waals surface area contributed by atoms with Crippen LogP contribution in [0.25, 0.3) is 0 Å². The number of carbonyl (C=O) groups is 1. The maximum Gasteiger partial charge on any atom is 0.135 e. The number of hydrogen-bond donors (Lipinski definition) is 0. The molecule has 1 atom stereocenters. The lowest BCUT2D eigenvalue weighted by Crippen LogP contribution is -2.16. The summed E-state index contributed by atoms with van der Waals surface area (Å²) in [5, 5.41) is 0. The molecule has 1 unspecified atom stereocenters. The van der Waals surface area contributed by atoms with Crippen molar-refractivity contribution >= 4 is 5.78 Å². The highest BCUT2D eigenvalue weighted by Crippen LogP contribution is 2.15. The molecule has 0 aromatic carbocycles. The number of Topliss-reactive ketones (excluding diaryl/α,β-unsaturated/α-hetero) is 1. The van der Waals surface area contributed by atoms with E-state index >= 15 is 0 Å². The van der Waals surface area contributed by atoms with Gasteiger partial charge in [-0.05, 0) is 12.3 Å². The van der Waals surface area contributed by atoms with Gasteiger partial charge in [0.15, 0.2) is 0 Å². The Morgan fingerprint density at radius 3 is 2.07 bits per heavy atom. The van der Waals surface area contributed by atoms with Crippen molar-refractivity contribution in [1.82, 2.24) is 0 Å². The third-order valence-electron chi connectivity index (χ3n) is 3.03. The van der Waals surface area contributed by atoms with E-state index in [1.165, 1.54) is 25.7 Å². The van der Waals surface area contributed by atoms with Crippen molar-refractivity contribution in [3.8, 4) is 0 Å². The van der Waals surface area contributed by atoms with Crippen molar-refractivity contribution in [3.05, 3.63) is 0 Å². The topological polar surface area (TPSA) is 17.1 Å². The van der Waals surface area contributed by atoms with Gasteiger partial charge < -0.3 is 0 Å². The highest BCUT2D eigenvalue weighted by molar-refractivity contribution is 5.80. The molecule has 0 aromatic rings. The van der Waals surface area contributed by atoms with E-state index in [0.29, 0.717) is 11.7 Å². The third kappa shape index (κ3) is 6.17. The summed E-state index contributed by atoms with van der Waals surface area (Å²) in [6.45, 7) is 8.52. The van der Waals surface area contributed by atoms with Gasteiger partial charge in [0.05, 0.1) is 0 Å². The molecular weight excluding hydrogens is 172 g/mol. The monoisotopic (exact) mass is 198 g/mol. The van der Waals surface area contributed by atoms with Gasteiger partial charge in [0.2, 0.25) is 0 Å². The minimum absolute atomic E-state index is 0.251. The summed E-state index contributed by atoms with van der Waals surface area (Å²) in [5.41, 5.74) is 0. The highest BCUT2D eigenvalue weighted by atomic mass is 16.1. The molecule has 0 aliphatic carbocycles. The Bertz CT molecular complexity index is 149. The average Bonchev–Trinajstić information content (AvgIpc) is 2.16. The predicted octanol–water partition coefficient (Wildman–Crippen LogP) is 4.21. The van der Waals surface area contributed by atoms with E-state index in [1.807, 2.05) is 0 Å². The molecule has 0 fully saturated rings. The molecule has 0 bridgehead atoms. The molecule has 0 aliphatic heterocycles. The summed E-state index contributed by atoms with van der Waals surface area (Å²) in [4.78, 5) is 11.6. The number of carbonyl (C=O) groups excluding carboxylic acids is 1. The second-order valence-corrected chi connectivity index (χ2v) is 4.66. The van der Waals surface area contributed by atoms with Crippen molar-refractivity contribution in [2.24, 2.45) is 11.8 Å². The molecular formula is C13H26O. The van der Waals surface area contributed by atoms with Crippen molar-refractivity contribution in [2.45, 2.75) is 66.2 Å². The Morgan fingerprint density at radius 1 is 1.00 bits per heavy atom. The molecule has 0 radical (unpaired) electrons. The van der Waals surface area contributed by atoms with Crippen LogP contribution < -0.4 is 0 Å². The Balaban J connectivity index is 3.44. The highest BCUT2D eigenvalue weighted by Gasteiger charge is 2.15. The molecule has 0 spiro atoms. The lowest BCUT2D eigenvalue weighted by Gasteiger charge is -2.13. The van der Waals surface area contributed by atoms with Gasteiger partial charge in [-0.25, -0.2) is 0 Å². The number of rotatable bonds is 8. The standard InChI is InChI=1S/C13H26O/c1-5-6-7-8-9-10-13(14)12(4)11(2)3/h11-12H,5-10H2,1-4H3. The zero-order valence-corrected chi connectivity index (χ0v) is 10.3. The minimum Gasteiger partial charge on any atom is -0.299 e. The molecule has 0 heterocycles. The Kier molecular flexibility index (Phi) is 7.83. The molecule has 0 N–H and O–H groups in total. The number of hydrogen-bond acceptors (Lipinski definition) is 1. The third-order valence-corrected chi connectivity index (χ3v) is 3.03. The summed E-state index contributed by atoms with van der Waals surface area (Å²) in [6, 6.07) is 0. The fourth-order valence-corrected chi connectivity index (χ4v) is 1.50. The van der Waals surface area contributed by atoms with E-state index in [2.05, 4.69) is 27.7 Å². The van der Waals surface area contributed by atoms with Gasteiger partial charge in [0, 0.05) is 12.3 Å². The Labute approximate surface area is 89.3 Å². The SMILES string of the molecule is CCCCCCCC(=O)C(C)C(C)C. The largest absolute Gasteiger partial charge is 0.299 e. The van der Waals surface area contributed by atoms with Crippen LogP contribution in [0.2, 0.25) is 0 Å². The van der Waals surface area contributed by atoms with Crippen LogP contribution in [0.1, 0.15) is 66.2 Å². The van der Waals surface area contributed by atoms with Gasteiger partial charge in [-0.2, -0.15) is 0 Å². The zero-order chi connectivity index (χ0) is 11.0. The van der Waals surface area contributed by atoms with Gasteiger partial charge >= 0.3 is 0 Å². The first-order valence-corrected chi connectivity index (χ1v) is 6.12. The molecule has 0 aliphatic rings. The maximum absolute atomic E-state index is 11.6. The van der Waals surface area contributed by atoms with Gasteiger partial charge in [0.25, 0.3) is 0 Å². The second kappa shape index (κ2) is 8.02. The average molecular weight is 198 g/mol.